The van der Waals surface area contributed by atoms with Gasteiger partial charge in [0.05, 0.1) is 12.9 Å². The molecule has 0 bridgehead atoms. The van der Waals surface area contributed by atoms with Gasteiger partial charge in [0.25, 0.3) is 0 Å². The highest BCUT2D eigenvalue weighted by molar-refractivity contribution is 6.28. The molecule has 28 heavy (non-hydrogen) atoms. The number of aliphatic hydroxyl groups excluding tert-OH is 3. The number of anilines is 1. The van der Waals surface area contributed by atoms with Gasteiger partial charge in [0.15, 0.2) is 23.2 Å². The molecule has 11 heteroatoms. The third-order valence-corrected chi connectivity index (χ3v) is 4.76. The molecule has 3 heterocycles. The van der Waals surface area contributed by atoms with E-state index in [1.54, 1.807) is 18.2 Å². The monoisotopic (exact) mass is 409 g/mol. The van der Waals surface area contributed by atoms with Crippen LogP contribution in [0.25, 0.3) is 11.2 Å². The number of hydrogen-bond acceptors (Lipinski definition) is 8. The first-order valence-corrected chi connectivity index (χ1v) is 8.87. The fraction of sp³-hybridized carbons (Fsp3) is 0.353. The topological polar surface area (TPSA) is 126 Å². The van der Waals surface area contributed by atoms with Gasteiger partial charge in [0.1, 0.15) is 24.1 Å². The summed E-state index contributed by atoms with van der Waals surface area (Å²) in [5, 5.41) is 32.4. The maximum Gasteiger partial charge on any atom is 0.226 e. The Morgan fingerprint density at radius 2 is 2.00 bits per heavy atom. The van der Waals surface area contributed by atoms with Crippen LogP contribution in [0.15, 0.2) is 30.6 Å². The zero-order valence-electron chi connectivity index (χ0n) is 14.4. The van der Waals surface area contributed by atoms with E-state index in [0.29, 0.717) is 11.1 Å². The zero-order valence-corrected chi connectivity index (χ0v) is 15.2. The predicted molar refractivity (Wildman–Crippen MR) is 97.1 cm³/mol. The van der Waals surface area contributed by atoms with Gasteiger partial charge in [0.2, 0.25) is 5.28 Å². The molecule has 0 aliphatic carbocycles. The quantitative estimate of drug-likeness (QED) is 0.457. The maximum absolute atomic E-state index is 13.8. The number of aromatic nitrogens is 4. The van der Waals surface area contributed by atoms with Crippen molar-refractivity contribution in [3.8, 4) is 0 Å². The van der Waals surface area contributed by atoms with Gasteiger partial charge in [-0.05, 0) is 17.7 Å². The summed E-state index contributed by atoms with van der Waals surface area (Å²) in [7, 11) is 0. The Bertz CT molecular complexity index is 1000. The minimum atomic E-state index is -1.29. The molecular weight excluding hydrogens is 393 g/mol. The van der Waals surface area contributed by atoms with Crippen molar-refractivity contribution in [2.75, 3.05) is 11.9 Å². The van der Waals surface area contributed by atoms with Crippen molar-refractivity contribution in [3.05, 3.63) is 47.3 Å². The van der Waals surface area contributed by atoms with Crippen LogP contribution < -0.4 is 5.32 Å². The van der Waals surface area contributed by atoms with E-state index in [2.05, 4.69) is 20.3 Å². The molecule has 4 atom stereocenters. The summed E-state index contributed by atoms with van der Waals surface area (Å²) in [5.74, 6) is -0.0767. The van der Waals surface area contributed by atoms with Gasteiger partial charge in [-0.3, -0.25) is 4.57 Å². The van der Waals surface area contributed by atoms with Crippen molar-refractivity contribution in [2.24, 2.45) is 0 Å². The molecule has 2 aromatic heterocycles. The number of hydrogen-bond donors (Lipinski definition) is 4. The van der Waals surface area contributed by atoms with Crippen LogP contribution in [0.1, 0.15) is 11.8 Å². The maximum atomic E-state index is 13.8. The van der Waals surface area contributed by atoms with Crippen LogP contribution in [0, 0.1) is 5.82 Å². The lowest BCUT2D eigenvalue weighted by molar-refractivity contribution is -0.0511. The van der Waals surface area contributed by atoms with E-state index in [1.807, 2.05) is 0 Å². The number of nitrogens with one attached hydrogen (secondary N) is 1. The van der Waals surface area contributed by atoms with Crippen LogP contribution in [-0.4, -0.2) is 59.8 Å². The van der Waals surface area contributed by atoms with Gasteiger partial charge in [-0.25, -0.2) is 9.37 Å². The molecule has 0 saturated carbocycles. The first kappa shape index (κ1) is 19.0. The second kappa shape index (κ2) is 7.57. The number of imidazole rings is 1. The second-order valence-electron chi connectivity index (χ2n) is 6.34. The number of ether oxygens (including phenoxy) is 1. The van der Waals surface area contributed by atoms with Crippen molar-refractivity contribution in [1.29, 1.82) is 0 Å². The first-order valence-electron chi connectivity index (χ1n) is 8.49. The van der Waals surface area contributed by atoms with E-state index in [1.165, 1.54) is 17.0 Å². The van der Waals surface area contributed by atoms with Crippen LogP contribution in [-0.2, 0) is 11.3 Å². The molecule has 1 aliphatic heterocycles. The summed E-state index contributed by atoms with van der Waals surface area (Å²) < 4.78 is 20.8. The highest BCUT2D eigenvalue weighted by atomic mass is 35.5. The van der Waals surface area contributed by atoms with E-state index >= 15 is 0 Å². The normalized spacial score (nSPS) is 24.8. The summed E-state index contributed by atoms with van der Waals surface area (Å²) in [6.07, 6.45) is -3.14. The molecule has 0 spiro atoms. The standard InChI is InChI=1S/C17H17ClFN5O4/c18-17-22-14(20-5-8-3-1-2-4-9(8)19)11-15(23-17)24(7-21-11)16-13(27)12(26)10(6-25)28-16/h1-4,7,10,12-13,16,25-27H,5-6H2,(H,20,22,23)/t10-,12-,13-,16?/m1/s1. The van der Waals surface area contributed by atoms with Gasteiger partial charge >= 0.3 is 0 Å². The average Bonchev–Trinajstić information content (AvgIpc) is 3.22. The zero-order chi connectivity index (χ0) is 19.8. The van der Waals surface area contributed by atoms with E-state index < -0.39 is 31.1 Å². The SMILES string of the molecule is OC[C@H]1OC(n2cnc3c(NCc4ccccc4F)nc(Cl)nc32)[C@H](O)[C@@H]1O. The predicted octanol–water partition coefficient (Wildman–Crippen LogP) is 0.842. The minimum Gasteiger partial charge on any atom is -0.394 e. The molecule has 1 unspecified atom stereocenters. The highest BCUT2D eigenvalue weighted by Gasteiger charge is 2.44. The molecule has 0 amide bonds. The van der Waals surface area contributed by atoms with Crippen LogP contribution in [0.4, 0.5) is 10.2 Å². The molecule has 1 aliphatic rings. The first-order chi connectivity index (χ1) is 13.5. The Labute approximate surface area is 163 Å². The molecule has 1 aromatic carbocycles. The summed E-state index contributed by atoms with van der Waals surface area (Å²) in [5.41, 5.74) is 1.03. The molecule has 0 radical (unpaired) electrons. The smallest absolute Gasteiger partial charge is 0.226 e. The largest absolute Gasteiger partial charge is 0.394 e. The Morgan fingerprint density at radius 3 is 2.71 bits per heavy atom. The Morgan fingerprint density at radius 1 is 1.21 bits per heavy atom. The molecule has 4 N–H and O–H groups in total. The van der Waals surface area contributed by atoms with Crippen molar-refractivity contribution in [1.82, 2.24) is 19.5 Å². The fourth-order valence-corrected chi connectivity index (χ4v) is 3.29. The second-order valence-corrected chi connectivity index (χ2v) is 6.68. The Kier molecular flexibility index (Phi) is 5.13. The lowest BCUT2D eigenvalue weighted by atomic mass is 10.1. The van der Waals surface area contributed by atoms with Crippen molar-refractivity contribution in [3.63, 3.8) is 0 Å². The molecule has 1 fully saturated rings. The number of nitrogens with zero attached hydrogens (tertiary/aromatic N) is 4. The summed E-state index contributed by atoms with van der Waals surface area (Å²) >= 11 is 6.02. The van der Waals surface area contributed by atoms with Gasteiger partial charge < -0.3 is 25.4 Å². The number of aliphatic hydroxyl groups is 3. The number of benzene rings is 1. The Balaban J connectivity index is 1.66. The van der Waals surface area contributed by atoms with Gasteiger partial charge in [-0.15, -0.1) is 0 Å². The van der Waals surface area contributed by atoms with Crippen molar-refractivity contribution >= 4 is 28.6 Å². The van der Waals surface area contributed by atoms with Crippen molar-refractivity contribution < 1.29 is 24.4 Å². The minimum absolute atomic E-state index is 0.0861. The van der Waals surface area contributed by atoms with Crippen LogP contribution >= 0.6 is 11.6 Å². The molecule has 148 valence electrons. The Hall–Kier alpha value is -2.37. The van der Waals surface area contributed by atoms with Gasteiger partial charge in [0, 0.05) is 12.1 Å². The summed E-state index contributed by atoms with van der Waals surface area (Å²) in [4.78, 5) is 12.5. The van der Waals surface area contributed by atoms with Crippen LogP contribution in [0.3, 0.4) is 0 Å². The lowest BCUT2D eigenvalue weighted by Gasteiger charge is -2.16. The number of halogens is 2. The number of fused-ring (bicyclic) bond motifs is 1. The molecule has 9 nitrogen and oxygen atoms in total. The van der Waals surface area contributed by atoms with Crippen LogP contribution in [0.5, 0.6) is 0 Å². The summed E-state index contributed by atoms with van der Waals surface area (Å²) in [6, 6.07) is 6.32. The third kappa shape index (κ3) is 3.29. The fourth-order valence-electron chi connectivity index (χ4n) is 3.13. The third-order valence-electron chi connectivity index (χ3n) is 4.59. The van der Waals surface area contributed by atoms with Crippen LogP contribution in [0.2, 0.25) is 5.28 Å². The lowest BCUT2D eigenvalue weighted by Crippen LogP contribution is -2.33. The van der Waals surface area contributed by atoms with Crippen molar-refractivity contribution in [2.45, 2.75) is 31.1 Å². The molecular formula is C17H17ClFN5O4. The van der Waals surface area contributed by atoms with Gasteiger partial charge in [-0.2, -0.15) is 9.97 Å². The summed E-state index contributed by atoms with van der Waals surface area (Å²) in [6.45, 7) is -0.303. The van der Waals surface area contributed by atoms with E-state index in [0.717, 1.165) is 0 Å². The average molecular weight is 410 g/mol. The van der Waals surface area contributed by atoms with E-state index in [9.17, 15) is 19.7 Å². The van der Waals surface area contributed by atoms with Gasteiger partial charge in [-0.1, -0.05) is 18.2 Å². The molecule has 3 aromatic rings. The molecule has 1 saturated heterocycles. The molecule has 4 rings (SSSR count). The van der Waals surface area contributed by atoms with E-state index in [4.69, 9.17) is 16.3 Å². The van der Waals surface area contributed by atoms with E-state index in [-0.39, 0.29) is 29.1 Å². The highest BCUT2D eigenvalue weighted by Crippen LogP contribution is 2.32. The number of rotatable bonds is 5.